The molecule has 1 N–H and O–H groups in total. The van der Waals surface area contributed by atoms with Gasteiger partial charge in [0, 0.05) is 13.1 Å². The SMILES string of the molecule is CC(=O)Nc1nccc(=S)s1. The molecule has 0 aliphatic carbocycles. The maximum atomic E-state index is 10.5. The molecule has 3 nitrogen and oxygen atoms in total. The number of carbonyl (C=O) groups excluding carboxylic acids is 1. The summed E-state index contributed by atoms with van der Waals surface area (Å²) in [7, 11) is 0. The lowest BCUT2D eigenvalue weighted by atomic mass is 10.7. The molecule has 0 saturated heterocycles. The van der Waals surface area contributed by atoms with E-state index in [0.717, 1.165) is 0 Å². The third kappa shape index (κ3) is 2.73. The molecule has 0 unspecified atom stereocenters. The fourth-order valence-electron chi connectivity index (χ4n) is 0.530. The summed E-state index contributed by atoms with van der Waals surface area (Å²) in [5.41, 5.74) is 0. The molecule has 0 aliphatic heterocycles. The first-order valence-corrected chi connectivity index (χ1v) is 4.15. The van der Waals surface area contributed by atoms with Gasteiger partial charge >= 0.3 is 0 Å². The molecule has 11 heavy (non-hydrogen) atoms. The van der Waals surface area contributed by atoms with E-state index in [9.17, 15) is 4.79 Å². The van der Waals surface area contributed by atoms with Crippen LogP contribution in [-0.4, -0.2) is 10.9 Å². The van der Waals surface area contributed by atoms with Crippen molar-refractivity contribution >= 4 is 34.6 Å². The molecule has 0 bridgehead atoms. The molecule has 1 amide bonds. The lowest BCUT2D eigenvalue weighted by molar-refractivity contribution is -0.114. The molecule has 1 rings (SSSR count). The second-order valence-electron chi connectivity index (χ2n) is 1.85. The van der Waals surface area contributed by atoms with Gasteiger partial charge in [-0.05, 0) is 6.07 Å². The number of nitrogens with one attached hydrogen (secondary N) is 1. The summed E-state index contributed by atoms with van der Waals surface area (Å²) in [4.78, 5) is 14.4. The minimum absolute atomic E-state index is 0.130. The summed E-state index contributed by atoms with van der Waals surface area (Å²) in [5, 5.41) is 3.09. The molecule has 1 aromatic heterocycles. The van der Waals surface area contributed by atoms with E-state index in [1.807, 2.05) is 0 Å². The predicted octanol–water partition coefficient (Wildman–Crippen LogP) is 1.83. The highest BCUT2D eigenvalue weighted by Crippen LogP contribution is 2.10. The summed E-state index contributed by atoms with van der Waals surface area (Å²) in [6.45, 7) is 1.43. The predicted molar refractivity (Wildman–Crippen MR) is 47.3 cm³/mol. The van der Waals surface area contributed by atoms with Crippen molar-refractivity contribution < 1.29 is 4.79 Å². The van der Waals surface area contributed by atoms with E-state index in [4.69, 9.17) is 12.2 Å². The molecule has 1 heterocycles. The number of anilines is 1. The van der Waals surface area contributed by atoms with E-state index in [2.05, 4.69) is 10.3 Å². The standard InChI is InChI=1S/C6H6N2OS2/c1-4(9)8-6-7-3-2-5(10)11-6/h2-3H,1H3,(H,7,8,9). The molecule has 0 aromatic carbocycles. The quantitative estimate of drug-likeness (QED) is 0.680. The number of carbonyl (C=O) groups is 1. The van der Waals surface area contributed by atoms with Crippen LogP contribution in [0.1, 0.15) is 6.92 Å². The topological polar surface area (TPSA) is 42.0 Å². The van der Waals surface area contributed by atoms with Crippen molar-refractivity contribution in [3.05, 3.63) is 16.1 Å². The molecular weight excluding hydrogens is 180 g/mol. The second kappa shape index (κ2) is 3.54. The van der Waals surface area contributed by atoms with E-state index in [0.29, 0.717) is 8.96 Å². The van der Waals surface area contributed by atoms with Crippen LogP contribution in [0.2, 0.25) is 0 Å². The van der Waals surface area contributed by atoms with E-state index >= 15 is 0 Å². The molecule has 0 saturated carbocycles. The number of nitrogens with zero attached hydrogens (tertiary/aromatic N) is 1. The first kappa shape index (κ1) is 8.29. The van der Waals surface area contributed by atoms with Gasteiger partial charge in [-0.3, -0.25) is 4.79 Å². The zero-order valence-corrected chi connectivity index (χ0v) is 7.46. The average molecular weight is 186 g/mol. The molecular formula is C6H6N2OS2. The zero-order valence-electron chi connectivity index (χ0n) is 5.83. The minimum atomic E-state index is -0.130. The molecule has 58 valence electrons. The zero-order chi connectivity index (χ0) is 8.27. The van der Waals surface area contributed by atoms with Gasteiger partial charge in [-0.2, -0.15) is 0 Å². The van der Waals surface area contributed by atoms with Gasteiger partial charge in [0.15, 0.2) is 5.13 Å². The van der Waals surface area contributed by atoms with Gasteiger partial charge in [0.2, 0.25) is 5.91 Å². The number of amides is 1. The lowest BCUT2D eigenvalue weighted by Gasteiger charge is -1.96. The van der Waals surface area contributed by atoms with Gasteiger partial charge in [0.1, 0.15) is 0 Å². The molecule has 1 aromatic rings. The van der Waals surface area contributed by atoms with Crippen molar-refractivity contribution in [2.75, 3.05) is 5.32 Å². The largest absolute Gasteiger partial charge is 0.302 e. The van der Waals surface area contributed by atoms with Crippen molar-refractivity contribution in [1.82, 2.24) is 4.98 Å². The smallest absolute Gasteiger partial charge is 0.223 e. The normalized spacial score (nSPS) is 9.18. The Morgan fingerprint density at radius 2 is 2.55 bits per heavy atom. The van der Waals surface area contributed by atoms with Crippen molar-refractivity contribution in [3.8, 4) is 0 Å². The van der Waals surface area contributed by atoms with Crippen LogP contribution in [-0.2, 0) is 4.79 Å². The first-order chi connectivity index (χ1) is 5.18. The number of hydrogen-bond donors (Lipinski definition) is 1. The number of hydrogen-bond acceptors (Lipinski definition) is 4. The van der Waals surface area contributed by atoms with Crippen molar-refractivity contribution in [1.29, 1.82) is 0 Å². The number of aromatic nitrogens is 1. The monoisotopic (exact) mass is 186 g/mol. The van der Waals surface area contributed by atoms with Crippen LogP contribution < -0.4 is 5.32 Å². The lowest BCUT2D eigenvalue weighted by Crippen LogP contribution is -2.05. The maximum Gasteiger partial charge on any atom is 0.223 e. The van der Waals surface area contributed by atoms with Crippen LogP contribution in [0.5, 0.6) is 0 Å². The highest BCUT2D eigenvalue weighted by atomic mass is 32.1. The van der Waals surface area contributed by atoms with E-state index < -0.39 is 0 Å². The van der Waals surface area contributed by atoms with Crippen molar-refractivity contribution in [3.63, 3.8) is 0 Å². The highest BCUT2D eigenvalue weighted by Gasteiger charge is 1.94. The molecule has 5 heteroatoms. The van der Waals surface area contributed by atoms with Crippen molar-refractivity contribution in [2.24, 2.45) is 0 Å². The van der Waals surface area contributed by atoms with Crippen LogP contribution >= 0.6 is 23.6 Å². The summed E-state index contributed by atoms with van der Waals surface area (Å²) in [6.07, 6.45) is 1.57. The summed E-state index contributed by atoms with van der Waals surface area (Å²) in [6, 6.07) is 1.71. The third-order valence-corrected chi connectivity index (χ3v) is 2.01. The van der Waals surface area contributed by atoms with Crippen molar-refractivity contribution in [2.45, 2.75) is 6.92 Å². The third-order valence-electron chi connectivity index (χ3n) is 0.883. The minimum Gasteiger partial charge on any atom is -0.302 e. The van der Waals surface area contributed by atoms with Crippen LogP contribution in [0.4, 0.5) is 5.13 Å². The molecule has 0 spiro atoms. The molecule has 0 fully saturated rings. The van der Waals surface area contributed by atoms with Gasteiger partial charge in [0.05, 0.1) is 3.82 Å². The van der Waals surface area contributed by atoms with Crippen LogP contribution in [0.3, 0.4) is 0 Å². The summed E-state index contributed by atoms with van der Waals surface area (Å²) < 4.78 is 0.712. The van der Waals surface area contributed by atoms with Gasteiger partial charge in [-0.1, -0.05) is 23.6 Å². The Labute approximate surface area is 73.1 Å². The van der Waals surface area contributed by atoms with Gasteiger partial charge in [0.25, 0.3) is 0 Å². The molecule has 0 aliphatic rings. The fourth-order valence-corrected chi connectivity index (χ4v) is 1.46. The summed E-state index contributed by atoms with van der Waals surface area (Å²) >= 11 is 6.16. The average Bonchev–Trinajstić information content (AvgIpc) is 1.85. The van der Waals surface area contributed by atoms with Gasteiger partial charge in [-0.25, -0.2) is 4.98 Å². The van der Waals surface area contributed by atoms with Crippen LogP contribution in [0.25, 0.3) is 0 Å². The second-order valence-corrected chi connectivity index (χ2v) is 3.58. The van der Waals surface area contributed by atoms with Crippen LogP contribution in [0, 0.1) is 3.82 Å². The Kier molecular flexibility index (Phi) is 2.67. The first-order valence-electron chi connectivity index (χ1n) is 2.92. The molecule has 0 radical (unpaired) electrons. The Hall–Kier alpha value is -0.810. The Bertz CT molecular complexity index is 320. The highest BCUT2D eigenvalue weighted by molar-refractivity contribution is 7.73. The van der Waals surface area contributed by atoms with E-state index in [1.54, 1.807) is 12.3 Å². The number of rotatable bonds is 1. The maximum absolute atomic E-state index is 10.5. The van der Waals surface area contributed by atoms with E-state index in [1.165, 1.54) is 18.3 Å². The fraction of sp³-hybridized carbons (Fsp3) is 0.167. The molecule has 0 atom stereocenters. The van der Waals surface area contributed by atoms with E-state index in [-0.39, 0.29) is 5.91 Å². The summed E-state index contributed by atoms with van der Waals surface area (Å²) in [5.74, 6) is -0.130. The van der Waals surface area contributed by atoms with Gasteiger partial charge < -0.3 is 5.32 Å². The Morgan fingerprint density at radius 3 is 3.09 bits per heavy atom. The van der Waals surface area contributed by atoms with Gasteiger partial charge in [-0.15, -0.1) is 0 Å². The Morgan fingerprint density at radius 1 is 1.82 bits per heavy atom. The van der Waals surface area contributed by atoms with Crippen LogP contribution in [0.15, 0.2) is 12.3 Å². The Balaban J connectivity index is 2.88.